The van der Waals surface area contributed by atoms with Crippen molar-refractivity contribution in [3.05, 3.63) is 39.9 Å². The largest absolute Gasteiger partial charge is 0.349 e. The Morgan fingerprint density at radius 1 is 1.35 bits per heavy atom. The predicted molar refractivity (Wildman–Crippen MR) is 84.9 cm³/mol. The zero-order valence-corrected chi connectivity index (χ0v) is 13.0. The highest BCUT2D eigenvalue weighted by molar-refractivity contribution is 5.95. The molecule has 0 unspecified atom stereocenters. The summed E-state index contributed by atoms with van der Waals surface area (Å²) >= 11 is 0. The minimum atomic E-state index is -0.545. The van der Waals surface area contributed by atoms with Gasteiger partial charge in [0.2, 0.25) is 5.43 Å². The molecule has 3 rings (SSSR count). The predicted octanol–water partition coefficient (Wildman–Crippen LogP) is 0.898. The van der Waals surface area contributed by atoms with Gasteiger partial charge in [-0.2, -0.15) is 5.10 Å². The number of likely N-dealkylation sites (tertiary alicyclic amines) is 1. The van der Waals surface area contributed by atoms with Crippen molar-refractivity contribution in [2.24, 2.45) is 7.05 Å². The summed E-state index contributed by atoms with van der Waals surface area (Å²) in [5.74, 6) is -1.03. The Hall–Kier alpha value is -2.28. The van der Waals surface area contributed by atoms with E-state index in [2.05, 4.69) is 15.3 Å². The van der Waals surface area contributed by atoms with E-state index in [0.717, 1.165) is 25.7 Å². The molecule has 1 aliphatic rings. The molecule has 1 saturated heterocycles. The second-order valence-corrected chi connectivity index (χ2v) is 5.77. The molecule has 2 heterocycles. The van der Waals surface area contributed by atoms with E-state index in [9.17, 15) is 14.0 Å². The second kappa shape index (κ2) is 6.45. The Balaban J connectivity index is 1.79. The van der Waals surface area contributed by atoms with Gasteiger partial charge < -0.3 is 10.2 Å². The number of nitrogens with one attached hydrogen (secondary N) is 1. The van der Waals surface area contributed by atoms with Crippen LogP contribution in [0, 0.1) is 5.82 Å². The van der Waals surface area contributed by atoms with E-state index in [1.807, 2.05) is 0 Å². The molecular formula is C16H19FN4O2. The van der Waals surface area contributed by atoms with Crippen LogP contribution in [0.25, 0.3) is 10.9 Å². The summed E-state index contributed by atoms with van der Waals surface area (Å²) in [6.45, 7) is 3.31. The van der Waals surface area contributed by atoms with Crippen molar-refractivity contribution in [3.63, 3.8) is 0 Å². The lowest BCUT2D eigenvalue weighted by molar-refractivity contribution is 0.0942. The van der Waals surface area contributed by atoms with Gasteiger partial charge in [-0.05, 0) is 44.1 Å². The number of hydrogen-bond acceptors (Lipinski definition) is 4. The Bertz CT molecular complexity index is 797. The number of hydrogen-bond donors (Lipinski definition) is 1. The molecule has 6 nitrogen and oxygen atoms in total. The summed E-state index contributed by atoms with van der Waals surface area (Å²) < 4.78 is 14.8. The van der Waals surface area contributed by atoms with Crippen molar-refractivity contribution in [2.45, 2.75) is 12.8 Å². The molecule has 0 bridgehead atoms. The maximum absolute atomic E-state index is 13.4. The van der Waals surface area contributed by atoms with Crippen molar-refractivity contribution in [3.8, 4) is 0 Å². The summed E-state index contributed by atoms with van der Waals surface area (Å²) in [4.78, 5) is 26.9. The number of amides is 1. The third-order valence-electron chi connectivity index (χ3n) is 4.14. The SMILES string of the molecule is Cn1nc(C(=O)NCCN2CCCC2)c(=O)c2cc(F)ccc21. The van der Waals surface area contributed by atoms with Crippen molar-refractivity contribution >= 4 is 16.8 Å². The lowest BCUT2D eigenvalue weighted by Crippen LogP contribution is -2.36. The van der Waals surface area contributed by atoms with Crippen molar-refractivity contribution in [1.82, 2.24) is 20.0 Å². The molecule has 1 aliphatic heterocycles. The number of benzene rings is 1. The molecule has 7 heteroatoms. The molecule has 0 aliphatic carbocycles. The summed E-state index contributed by atoms with van der Waals surface area (Å²) in [5.41, 5.74) is -0.256. The third kappa shape index (κ3) is 3.24. The van der Waals surface area contributed by atoms with E-state index < -0.39 is 17.2 Å². The molecule has 1 aromatic carbocycles. The molecule has 1 amide bonds. The first-order valence-electron chi connectivity index (χ1n) is 7.73. The molecule has 0 saturated carbocycles. The van der Waals surface area contributed by atoms with Crippen LogP contribution in [0.1, 0.15) is 23.3 Å². The molecule has 0 atom stereocenters. The average molecular weight is 318 g/mol. The van der Waals surface area contributed by atoms with Gasteiger partial charge in [0.05, 0.1) is 10.9 Å². The maximum atomic E-state index is 13.4. The fourth-order valence-corrected chi connectivity index (χ4v) is 2.92. The normalized spacial score (nSPS) is 15.2. The molecule has 1 fully saturated rings. The van der Waals surface area contributed by atoms with E-state index in [1.165, 1.54) is 29.7 Å². The maximum Gasteiger partial charge on any atom is 0.275 e. The number of rotatable bonds is 4. The Morgan fingerprint density at radius 2 is 2.09 bits per heavy atom. The van der Waals surface area contributed by atoms with E-state index in [0.29, 0.717) is 12.1 Å². The van der Waals surface area contributed by atoms with Crippen LogP contribution in [0.2, 0.25) is 0 Å². The van der Waals surface area contributed by atoms with Gasteiger partial charge in [0.25, 0.3) is 5.91 Å². The Kier molecular flexibility index (Phi) is 4.38. The minimum absolute atomic E-state index is 0.159. The van der Waals surface area contributed by atoms with Crippen LogP contribution < -0.4 is 10.7 Å². The van der Waals surface area contributed by atoms with E-state index in [4.69, 9.17) is 0 Å². The standard InChI is InChI=1S/C16H19FN4O2/c1-20-13-5-4-11(17)10-12(13)15(22)14(19-20)16(23)18-6-9-21-7-2-3-8-21/h4-5,10H,2-3,6-9H2,1H3,(H,18,23). The molecule has 23 heavy (non-hydrogen) atoms. The minimum Gasteiger partial charge on any atom is -0.349 e. The fraction of sp³-hybridized carbons (Fsp3) is 0.438. The smallest absolute Gasteiger partial charge is 0.275 e. The summed E-state index contributed by atoms with van der Waals surface area (Å²) in [7, 11) is 1.63. The molecular weight excluding hydrogens is 299 g/mol. The van der Waals surface area contributed by atoms with Crippen molar-refractivity contribution in [1.29, 1.82) is 0 Å². The fourth-order valence-electron chi connectivity index (χ4n) is 2.92. The van der Waals surface area contributed by atoms with Crippen LogP contribution in [0.5, 0.6) is 0 Å². The van der Waals surface area contributed by atoms with Crippen molar-refractivity contribution < 1.29 is 9.18 Å². The van der Waals surface area contributed by atoms with Gasteiger partial charge in [-0.15, -0.1) is 0 Å². The van der Waals surface area contributed by atoms with Gasteiger partial charge in [-0.3, -0.25) is 14.3 Å². The molecule has 1 aromatic heterocycles. The van der Waals surface area contributed by atoms with Crippen LogP contribution in [0.3, 0.4) is 0 Å². The van der Waals surface area contributed by atoms with Crippen LogP contribution in [0.4, 0.5) is 4.39 Å². The molecule has 2 aromatic rings. The number of aryl methyl sites for hydroxylation is 1. The number of carbonyl (C=O) groups excluding carboxylic acids is 1. The van der Waals surface area contributed by atoms with Gasteiger partial charge in [0.15, 0.2) is 5.69 Å². The van der Waals surface area contributed by atoms with Crippen LogP contribution >= 0.6 is 0 Å². The number of fused-ring (bicyclic) bond motifs is 1. The second-order valence-electron chi connectivity index (χ2n) is 5.77. The lowest BCUT2D eigenvalue weighted by atomic mass is 10.2. The highest BCUT2D eigenvalue weighted by Crippen LogP contribution is 2.11. The Labute approximate surface area is 132 Å². The Morgan fingerprint density at radius 3 is 2.83 bits per heavy atom. The van der Waals surface area contributed by atoms with E-state index in [1.54, 1.807) is 7.05 Å². The first kappa shape index (κ1) is 15.6. The average Bonchev–Trinajstić information content (AvgIpc) is 3.04. The van der Waals surface area contributed by atoms with Gasteiger partial charge in [0.1, 0.15) is 5.82 Å². The third-order valence-corrected chi connectivity index (χ3v) is 4.14. The molecule has 1 N–H and O–H groups in total. The number of carbonyl (C=O) groups is 1. The quantitative estimate of drug-likeness (QED) is 0.909. The van der Waals surface area contributed by atoms with Crippen LogP contribution in [-0.4, -0.2) is 46.8 Å². The lowest BCUT2D eigenvalue weighted by Gasteiger charge is -2.14. The molecule has 0 radical (unpaired) electrons. The van der Waals surface area contributed by atoms with E-state index >= 15 is 0 Å². The molecule has 0 spiro atoms. The zero-order chi connectivity index (χ0) is 16.4. The molecule has 122 valence electrons. The zero-order valence-electron chi connectivity index (χ0n) is 13.0. The van der Waals surface area contributed by atoms with Gasteiger partial charge >= 0.3 is 0 Å². The highest BCUT2D eigenvalue weighted by atomic mass is 19.1. The van der Waals surface area contributed by atoms with Gasteiger partial charge in [0, 0.05) is 20.1 Å². The monoisotopic (exact) mass is 318 g/mol. The number of halogens is 1. The van der Waals surface area contributed by atoms with Crippen LogP contribution in [-0.2, 0) is 7.05 Å². The van der Waals surface area contributed by atoms with Gasteiger partial charge in [-0.1, -0.05) is 0 Å². The van der Waals surface area contributed by atoms with E-state index in [-0.39, 0.29) is 11.1 Å². The van der Waals surface area contributed by atoms with Gasteiger partial charge in [-0.25, -0.2) is 4.39 Å². The van der Waals surface area contributed by atoms with Crippen molar-refractivity contribution in [2.75, 3.05) is 26.2 Å². The summed E-state index contributed by atoms with van der Waals surface area (Å²) in [5, 5.41) is 6.92. The summed E-state index contributed by atoms with van der Waals surface area (Å²) in [6.07, 6.45) is 2.37. The number of aromatic nitrogens is 2. The highest BCUT2D eigenvalue weighted by Gasteiger charge is 2.17. The number of nitrogens with zero attached hydrogens (tertiary/aromatic N) is 3. The summed E-state index contributed by atoms with van der Waals surface area (Å²) in [6, 6.07) is 3.88. The van der Waals surface area contributed by atoms with Crippen LogP contribution in [0.15, 0.2) is 23.0 Å². The first-order chi connectivity index (χ1) is 11.1. The topological polar surface area (TPSA) is 67.2 Å². The first-order valence-corrected chi connectivity index (χ1v) is 7.73.